The molecule has 0 aliphatic rings. The summed E-state index contributed by atoms with van der Waals surface area (Å²) in [5, 5.41) is 0.186. The molecule has 8 heteroatoms. The molecule has 0 spiro atoms. The van der Waals surface area contributed by atoms with E-state index in [2.05, 4.69) is 0 Å². The summed E-state index contributed by atoms with van der Waals surface area (Å²) in [5.74, 6) is 2.15. The molecule has 0 saturated heterocycles. The quantitative estimate of drug-likeness (QED) is 0.594. The first-order chi connectivity index (χ1) is 14.0. The Bertz CT molecular complexity index is 1100. The van der Waals surface area contributed by atoms with Crippen LogP contribution in [0.25, 0.3) is 22.3 Å². The average Bonchev–Trinajstić information content (AvgIpc) is 2.76. The van der Waals surface area contributed by atoms with Crippen molar-refractivity contribution >= 4 is 11.0 Å². The summed E-state index contributed by atoms with van der Waals surface area (Å²) in [6, 6.07) is 6.73. The Kier molecular flexibility index (Phi) is 5.72. The maximum atomic E-state index is 13.3. The number of benzene rings is 2. The van der Waals surface area contributed by atoms with Gasteiger partial charge in [-0.1, -0.05) is 0 Å². The van der Waals surface area contributed by atoms with Crippen molar-refractivity contribution < 1.29 is 32.8 Å². The lowest BCUT2D eigenvalue weighted by molar-refractivity contribution is 0.325. The summed E-state index contributed by atoms with van der Waals surface area (Å²) in [5.41, 5.74) is 0.429. The van der Waals surface area contributed by atoms with Crippen molar-refractivity contribution in [2.45, 2.75) is 0 Å². The maximum absolute atomic E-state index is 13.3. The van der Waals surface area contributed by atoms with Crippen molar-refractivity contribution in [2.75, 3.05) is 42.7 Å². The summed E-state index contributed by atoms with van der Waals surface area (Å²) in [7, 11) is 8.85. The molecule has 0 saturated carbocycles. The van der Waals surface area contributed by atoms with Gasteiger partial charge in [0.05, 0.1) is 42.7 Å². The number of hydrogen-bond acceptors (Lipinski definition) is 8. The zero-order valence-electron chi connectivity index (χ0n) is 17.1. The molecular weight excluding hydrogens is 380 g/mol. The highest BCUT2D eigenvalue weighted by Gasteiger charge is 2.25. The highest BCUT2D eigenvalue weighted by Crippen LogP contribution is 2.45. The molecule has 3 aromatic rings. The second-order valence-electron chi connectivity index (χ2n) is 5.88. The molecule has 3 rings (SSSR count). The fourth-order valence-electron chi connectivity index (χ4n) is 3.16. The summed E-state index contributed by atoms with van der Waals surface area (Å²) in [6.07, 6.45) is 0. The lowest BCUT2D eigenvalue weighted by Gasteiger charge is -2.16. The third-order valence-electron chi connectivity index (χ3n) is 4.50. The lowest BCUT2D eigenvalue weighted by Crippen LogP contribution is -2.10. The molecule has 0 N–H and O–H groups in total. The Morgan fingerprint density at radius 3 is 1.83 bits per heavy atom. The minimum absolute atomic E-state index is 0.0234. The van der Waals surface area contributed by atoms with Crippen LogP contribution in [-0.4, -0.2) is 42.7 Å². The summed E-state index contributed by atoms with van der Waals surface area (Å²) >= 11 is 0. The second-order valence-corrected chi connectivity index (χ2v) is 5.88. The largest absolute Gasteiger partial charge is 0.493 e. The van der Waals surface area contributed by atoms with Crippen LogP contribution < -0.4 is 33.8 Å². The van der Waals surface area contributed by atoms with Gasteiger partial charge >= 0.3 is 0 Å². The number of fused-ring (bicyclic) bond motifs is 1. The SMILES string of the molecule is COc1ccc(-c2oc3cc(OC)c(OC)c(OC)c3c(=O)c2OC)cc1OC. The van der Waals surface area contributed by atoms with Gasteiger partial charge in [0.25, 0.3) is 0 Å². The van der Waals surface area contributed by atoms with Gasteiger partial charge in [0.15, 0.2) is 28.8 Å². The van der Waals surface area contributed by atoms with E-state index >= 15 is 0 Å². The predicted octanol–water partition coefficient (Wildman–Crippen LogP) is 3.51. The number of methoxy groups -OCH3 is 6. The van der Waals surface area contributed by atoms with Gasteiger partial charge in [0.2, 0.25) is 16.9 Å². The zero-order valence-corrected chi connectivity index (χ0v) is 17.1. The van der Waals surface area contributed by atoms with E-state index in [0.717, 1.165) is 0 Å². The van der Waals surface area contributed by atoms with Crippen LogP contribution in [0.3, 0.4) is 0 Å². The normalized spacial score (nSPS) is 10.6. The first-order valence-corrected chi connectivity index (χ1v) is 8.60. The van der Waals surface area contributed by atoms with E-state index in [0.29, 0.717) is 22.8 Å². The van der Waals surface area contributed by atoms with Gasteiger partial charge in [0.1, 0.15) is 11.0 Å². The topological polar surface area (TPSA) is 85.6 Å². The molecule has 0 aliphatic heterocycles. The van der Waals surface area contributed by atoms with Gasteiger partial charge in [-0.2, -0.15) is 0 Å². The molecule has 2 aromatic carbocycles. The molecule has 1 aromatic heterocycles. The van der Waals surface area contributed by atoms with Gasteiger partial charge in [0, 0.05) is 11.6 Å². The average molecular weight is 402 g/mol. The van der Waals surface area contributed by atoms with Crippen molar-refractivity contribution in [3.8, 4) is 45.8 Å². The summed E-state index contributed by atoms with van der Waals surface area (Å²) in [4.78, 5) is 13.3. The summed E-state index contributed by atoms with van der Waals surface area (Å²) < 4.78 is 38.2. The van der Waals surface area contributed by atoms with Crippen LogP contribution >= 0.6 is 0 Å². The highest BCUT2D eigenvalue weighted by molar-refractivity contribution is 5.92. The van der Waals surface area contributed by atoms with Gasteiger partial charge in [-0.15, -0.1) is 0 Å². The van der Waals surface area contributed by atoms with E-state index in [4.69, 9.17) is 32.8 Å². The minimum atomic E-state index is -0.406. The first-order valence-electron chi connectivity index (χ1n) is 8.60. The minimum Gasteiger partial charge on any atom is -0.493 e. The van der Waals surface area contributed by atoms with Gasteiger partial charge in [-0.05, 0) is 18.2 Å². The monoisotopic (exact) mass is 402 g/mol. The van der Waals surface area contributed by atoms with E-state index in [1.807, 2.05) is 0 Å². The maximum Gasteiger partial charge on any atom is 0.239 e. The fourth-order valence-corrected chi connectivity index (χ4v) is 3.16. The molecule has 0 bridgehead atoms. The fraction of sp³-hybridized carbons (Fsp3) is 0.286. The molecule has 0 radical (unpaired) electrons. The Balaban J connectivity index is 2.40. The molecule has 0 fully saturated rings. The molecule has 0 unspecified atom stereocenters. The number of hydrogen-bond donors (Lipinski definition) is 0. The van der Waals surface area contributed by atoms with Crippen molar-refractivity contribution in [1.29, 1.82) is 0 Å². The van der Waals surface area contributed by atoms with Crippen LogP contribution in [0.5, 0.6) is 34.5 Å². The van der Waals surface area contributed by atoms with Crippen LogP contribution in [0.1, 0.15) is 0 Å². The Hall–Kier alpha value is -3.55. The molecule has 0 aliphatic carbocycles. The number of ether oxygens (including phenoxy) is 6. The van der Waals surface area contributed by atoms with E-state index in [1.54, 1.807) is 31.4 Å². The molecular formula is C21H22O8. The summed E-state index contributed by atoms with van der Waals surface area (Å²) in [6.45, 7) is 0. The Morgan fingerprint density at radius 1 is 0.655 bits per heavy atom. The smallest absolute Gasteiger partial charge is 0.239 e. The second kappa shape index (κ2) is 8.22. The van der Waals surface area contributed by atoms with Crippen LogP contribution in [0.2, 0.25) is 0 Å². The predicted molar refractivity (Wildman–Crippen MR) is 107 cm³/mol. The molecule has 8 nitrogen and oxygen atoms in total. The van der Waals surface area contributed by atoms with Gasteiger partial charge in [-0.25, -0.2) is 0 Å². The molecule has 29 heavy (non-hydrogen) atoms. The van der Waals surface area contributed by atoms with E-state index in [1.165, 1.54) is 35.5 Å². The molecule has 0 amide bonds. The van der Waals surface area contributed by atoms with Crippen molar-refractivity contribution in [2.24, 2.45) is 0 Å². The van der Waals surface area contributed by atoms with Crippen LogP contribution in [0, 0.1) is 0 Å². The first kappa shape index (κ1) is 20.2. The molecule has 154 valence electrons. The van der Waals surface area contributed by atoms with Crippen molar-refractivity contribution in [3.05, 3.63) is 34.5 Å². The van der Waals surface area contributed by atoms with Crippen molar-refractivity contribution in [3.63, 3.8) is 0 Å². The Morgan fingerprint density at radius 2 is 1.28 bits per heavy atom. The third-order valence-corrected chi connectivity index (χ3v) is 4.50. The van der Waals surface area contributed by atoms with Gasteiger partial charge < -0.3 is 32.8 Å². The van der Waals surface area contributed by atoms with Crippen LogP contribution in [0.15, 0.2) is 33.5 Å². The lowest BCUT2D eigenvalue weighted by atomic mass is 10.1. The van der Waals surface area contributed by atoms with Crippen LogP contribution in [-0.2, 0) is 0 Å². The Labute approximate surface area is 167 Å². The van der Waals surface area contributed by atoms with Crippen LogP contribution in [0.4, 0.5) is 0 Å². The molecule has 1 heterocycles. The van der Waals surface area contributed by atoms with Gasteiger partial charge in [-0.3, -0.25) is 4.79 Å². The zero-order chi connectivity index (χ0) is 21.1. The van der Waals surface area contributed by atoms with E-state index in [-0.39, 0.29) is 34.0 Å². The van der Waals surface area contributed by atoms with E-state index in [9.17, 15) is 4.79 Å². The number of rotatable bonds is 7. The standard InChI is InChI=1S/C21H22O8/c1-23-12-8-7-11(9-13(12)24-2)18-21(28-6)17(22)16-14(29-18)10-15(25-3)19(26-4)20(16)27-5/h7-10H,1-6H3. The third kappa shape index (κ3) is 3.26. The van der Waals surface area contributed by atoms with Crippen molar-refractivity contribution in [1.82, 2.24) is 0 Å². The highest BCUT2D eigenvalue weighted by atomic mass is 16.5. The van der Waals surface area contributed by atoms with E-state index < -0.39 is 5.43 Å². The molecule has 0 atom stereocenters.